The first-order valence-corrected chi connectivity index (χ1v) is 12.5. The molecule has 0 N–H and O–H groups in total. The van der Waals surface area contributed by atoms with E-state index < -0.39 is 0 Å². The fourth-order valence-corrected chi connectivity index (χ4v) is 5.07. The molecule has 1 fully saturated rings. The van der Waals surface area contributed by atoms with Crippen LogP contribution >= 0.6 is 0 Å². The van der Waals surface area contributed by atoms with Crippen molar-refractivity contribution in [2.75, 3.05) is 13.6 Å². The van der Waals surface area contributed by atoms with Gasteiger partial charge in [-0.2, -0.15) is 0 Å². The van der Waals surface area contributed by atoms with Crippen molar-refractivity contribution in [1.82, 2.24) is 19.8 Å². The number of hydrogen-bond donors (Lipinski definition) is 0. The monoisotopic (exact) mass is 456 g/mol. The zero-order valence-electron chi connectivity index (χ0n) is 20.2. The molecule has 178 valence electrons. The molecule has 0 radical (unpaired) electrons. The molecule has 1 aromatic carbocycles. The summed E-state index contributed by atoms with van der Waals surface area (Å²) in [7, 11) is 2.08. The largest absolute Gasteiger partial charge is 0.338 e. The van der Waals surface area contributed by atoms with Gasteiger partial charge in [-0.25, -0.2) is 0 Å². The number of aryl methyl sites for hydroxylation is 2. The molecule has 2 aromatic heterocycles. The highest BCUT2D eigenvalue weighted by atomic mass is 16.2. The summed E-state index contributed by atoms with van der Waals surface area (Å²) in [5, 5.41) is 0. The minimum Gasteiger partial charge on any atom is -0.338 e. The Hall–Kier alpha value is -3.05. The Morgan fingerprint density at radius 1 is 0.882 bits per heavy atom. The molecule has 1 saturated heterocycles. The molecule has 0 bridgehead atoms. The van der Waals surface area contributed by atoms with E-state index in [1.165, 1.54) is 16.7 Å². The normalized spacial score (nSPS) is 16.0. The van der Waals surface area contributed by atoms with Gasteiger partial charge in [-0.1, -0.05) is 42.5 Å². The van der Waals surface area contributed by atoms with E-state index in [-0.39, 0.29) is 12.1 Å². The lowest BCUT2D eigenvalue weighted by atomic mass is 9.98. The number of amides is 1. The lowest BCUT2D eigenvalue weighted by Crippen LogP contribution is -2.43. The van der Waals surface area contributed by atoms with Crippen LogP contribution in [0.4, 0.5) is 0 Å². The van der Waals surface area contributed by atoms with Crippen molar-refractivity contribution in [3.8, 4) is 0 Å². The molecule has 5 nitrogen and oxygen atoms in total. The molecule has 0 unspecified atom stereocenters. The molecule has 3 aromatic rings. The number of nitrogens with zero attached hydrogens (tertiary/aromatic N) is 4. The molecule has 1 atom stereocenters. The Morgan fingerprint density at radius 2 is 1.47 bits per heavy atom. The predicted octanol–water partition coefficient (Wildman–Crippen LogP) is 4.92. The van der Waals surface area contributed by atoms with Gasteiger partial charge < -0.3 is 4.90 Å². The van der Waals surface area contributed by atoms with E-state index >= 15 is 0 Å². The van der Waals surface area contributed by atoms with Gasteiger partial charge in [-0.3, -0.25) is 19.7 Å². The number of rotatable bonds is 12. The maximum atomic E-state index is 13.5. The number of carbonyl (C=O) groups is 1. The van der Waals surface area contributed by atoms with Crippen LogP contribution in [-0.2, 0) is 24.2 Å². The quantitative estimate of drug-likeness (QED) is 0.388. The average molecular weight is 457 g/mol. The number of benzene rings is 1. The fourth-order valence-electron chi connectivity index (χ4n) is 5.07. The lowest BCUT2D eigenvalue weighted by molar-refractivity contribution is -0.134. The summed E-state index contributed by atoms with van der Waals surface area (Å²) >= 11 is 0. The summed E-state index contributed by atoms with van der Waals surface area (Å²) in [5.41, 5.74) is 3.79. The maximum Gasteiger partial charge on any atom is 0.240 e. The van der Waals surface area contributed by atoms with Crippen LogP contribution in [0.1, 0.15) is 48.8 Å². The van der Waals surface area contributed by atoms with Crippen LogP contribution in [0.25, 0.3) is 0 Å². The van der Waals surface area contributed by atoms with Crippen molar-refractivity contribution in [2.24, 2.45) is 0 Å². The minimum atomic E-state index is -0.0284. The van der Waals surface area contributed by atoms with Crippen LogP contribution in [-0.4, -0.2) is 51.4 Å². The molecule has 1 aliphatic heterocycles. The average Bonchev–Trinajstić information content (AvgIpc) is 3.26. The summed E-state index contributed by atoms with van der Waals surface area (Å²) in [6, 6.07) is 19.0. The Morgan fingerprint density at radius 3 is 2.03 bits per heavy atom. The fraction of sp³-hybridized carbons (Fsp3) is 0.414. The van der Waals surface area contributed by atoms with Crippen LogP contribution in [0.15, 0.2) is 79.4 Å². The van der Waals surface area contributed by atoms with Crippen molar-refractivity contribution in [1.29, 1.82) is 0 Å². The van der Waals surface area contributed by atoms with E-state index in [9.17, 15) is 4.79 Å². The molecule has 0 saturated carbocycles. The van der Waals surface area contributed by atoms with Crippen molar-refractivity contribution >= 4 is 5.91 Å². The van der Waals surface area contributed by atoms with Gasteiger partial charge in [0.2, 0.25) is 5.91 Å². The molecular weight excluding hydrogens is 420 g/mol. The van der Waals surface area contributed by atoms with E-state index in [0.717, 1.165) is 58.0 Å². The number of hydrogen-bond acceptors (Lipinski definition) is 4. The highest BCUT2D eigenvalue weighted by molar-refractivity contribution is 5.84. The molecule has 3 heterocycles. The van der Waals surface area contributed by atoms with Crippen molar-refractivity contribution in [3.63, 3.8) is 0 Å². The Bertz CT molecular complexity index is 951. The van der Waals surface area contributed by atoms with Gasteiger partial charge in [0.15, 0.2) is 0 Å². The van der Waals surface area contributed by atoms with Crippen LogP contribution in [0, 0.1) is 0 Å². The Labute approximate surface area is 203 Å². The summed E-state index contributed by atoms with van der Waals surface area (Å²) in [5.74, 6) is 0.297. The third-order valence-electron chi connectivity index (χ3n) is 6.91. The van der Waals surface area contributed by atoms with Gasteiger partial charge in [0.05, 0.1) is 6.04 Å². The molecule has 0 aliphatic carbocycles. The molecule has 4 rings (SSSR count). The first-order chi connectivity index (χ1) is 16.7. The predicted molar refractivity (Wildman–Crippen MR) is 136 cm³/mol. The van der Waals surface area contributed by atoms with Crippen LogP contribution in [0.5, 0.6) is 0 Å². The van der Waals surface area contributed by atoms with Gasteiger partial charge in [0.25, 0.3) is 0 Å². The van der Waals surface area contributed by atoms with Gasteiger partial charge in [0.1, 0.15) is 0 Å². The number of carbonyl (C=O) groups excluding carboxylic acids is 1. The van der Waals surface area contributed by atoms with Gasteiger partial charge in [-0.15, -0.1) is 0 Å². The zero-order chi connectivity index (χ0) is 23.6. The molecule has 0 spiro atoms. The first-order valence-electron chi connectivity index (χ1n) is 12.5. The summed E-state index contributed by atoms with van der Waals surface area (Å²) in [6.07, 6.45) is 14.7. The Balaban J connectivity index is 1.36. The van der Waals surface area contributed by atoms with E-state index in [0.29, 0.717) is 5.91 Å². The number of pyridine rings is 2. The van der Waals surface area contributed by atoms with Crippen LogP contribution in [0.3, 0.4) is 0 Å². The van der Waals surface area contributed by atoms with Crippen molar-refractivity contribution < 1.29 is 4.79 Å². The SMILES string of the molecule is CN(Cc1ccccc1)[C@H]1CCN(C(CCCc2cccnc2)CCCc2cccnc2)C1=O. The highest BCUT2D eigenvalue weighted by Gasteiger charge is 2.37. The maximum absolute atomic E-state index is 13.5. The van der Waals surface area contributed by atoms with Crippen molar-refractivity contribution in [2.45, 2.75) is 63.6 Å². The van der Waals surface area contributed by atoms with Gasteiger partial charge in [-0.05, 0) is 80.8 Å². The number of likely N-dealkylation sites (N-methyl/N-ethyl adjacent to an activating group) is 1. The second kappa shape index (κ2) is 12.4. The smallest absolute Gasteiger partial charge is 0.240 e. The summed E-state index contributed by atoms with van der Waals surface area (Å²) < 4.78 is 0. The standard InChI is InChI=1S/C29H36N4O/c1-32(23-26-9-3-2-4-10-26)28-17-20-33(29(28)34)27(15-5-11-24-13-7-18-30-21-24)16-6-12-25-14-8-19-31-22-25/h2-4,7-10,13-14,18-19,21-22,27-28H,5-6,11-12,15-17,20,23H2,1H3/t28-/m0/s1. The second-order valence-corrected chi connectivity index (χ2v) is 9.40. The summed E-state index contributed by atoms with van der Waals surface area (Å²) in [6.45, 7) is 1.66. The third kappa shape index (κ3) is 6.73. The third-order valence-corrected chi connectivity index (χ3v) is 6.91. The molecule has 1 aliphatic rings. The van der Waals surface area contributed by atoms with Gasteiger partial charge in [0, 0.05) is 43.9 Å². The van der Waals surface area contributed by atoms with Crippen LogP contribution in [0.2, 0.25) is 0 Å². The van der Waals surface area contributed by atoms with Crippen molar-refractivity contribution in [3.05, 3.63) is 96.1 Å². The number of likely N-dealkylation sites (tertiary alicyclic amines) is 1. The zero-order valence-corrected chi connectivity index (χ0v) is 20.2. The summed E-state index contributed by atoms with van der Waals surface area (Å²) in [4.78, 5) is 26.4. The molecule has 34 heavy (non-hydrogen) atoms. The van der Waals surface area contributed by atoms with Gasteiger partial charge >= 0.3 is 0 Å². The lowest BCUT2D eigenvalue weighted by Gasteiger charge is -2.30. The highest BCUT2D eigenvalue weighted by Crippen LogP contribution is 2.25. The number of aromatic nitrogens is 2. The van der Waals surface area contributed by atoms with E-state index in [1.807, 2.05) is 43.0 Å². The van der Waals surface area contributed by atoms with E-state index in [4.69, 9.17) is 0 Å². The minimum absolute atomic E-state index is 0.0284. The molecule has 5 heteroatoms. The van der Waals surface area contributed by atoms with E-state index in [2.05, 4.69) is 63.2 Å². The molecule has 1 amide bonds. The topological polar surface area (TPSA) is 49.3 Å². The van der Waals surface area contributed by atoms with E-state index in [1.54, 1.807) is 0 Å². The van der Waals surface area contributed by atoms with Crippen LogP contribution < -0.4 is 0 Å². The molecular formula is C29H36N4O. The first kappa shape index (κ1) is 24.1. The Kier molecular flexibility index (Phi) is 8.80. The second-order valence-electron chi connectivity index (χ2n) is 9.40.